The van der Waals surface area contributed by atoms with Crippen molar-refractivity contribution in [1.29, 1.82) is 0 Å². The number of ether oxygens (including phenoxy) is 1. The Balaban J connectivity index is 2.04. The van der Waals surface area contributed by atoms with Gasteiger partial charge in [-0.25, -0.2) is 0 Å². The van der Waals surface area contributed by atoms with Crippen LogP contribution < -0.4 is 4.74 Å². The molecule has 0 saturated heterocycles. The summed E-state index contributed by atoms with van der Waals surface area (Å²) in [5, 5.41) is 14.3. The molecule has 140 valence electrons. The molecule has 0 radical (unpaired) electrons. The molecule has 0 amide bonds. The third kappa shape index (κ3) is 3.06. The molecule has 0 heterocycles. The van der Waals surface area contributed by atoms with Crippen molar-refractivity contribution in [2.75, 3.05) is 7.11 Å². The van der Waals surface area contributed by atoms with E-state index in [2.05, 4.69) is 12.1 Å². The first-order valence-electron chi connectivity index (χ1n) is 9.46. The van der Waals surface area contributed by atoms with Gasteiger partial charge in [-0.15, -0.1) is 0 Å². The smallest absolute Gasteiger partial charge is 0.144 e. The van der Waals surface area contributed by atoms with Gasteiger partial charge in [0.05, 0.1) is 7.11 Å². The fourth-order valence-corrected chi connectivity index (χ4v) is 3.74. The average Bonchev–Trinajstić information content (AvgIpc) is 2.73. The van der Waals surface area contributed by atoms with E-state index in [9.17, 15) is 5.11 Å². The van der Waals surface area contributed by atoms with E-state index in [0.29, 0.717) is 5.75 Å². The minimum atomic E-state index is -1.32. The lowest BCUT2D eigenvalue weighted by Gasteiger charge is -2.32. The Bertz CT molecular complexity index is 1060. The maximum absolute atomic E-state index is 12.2. The number of rotatable bonds is 4. The molecule has 0 aromatic heterocycles. The number of aliphatic hydroxyl groups is 1. The largest absolute Gasteiger partial charge is 0.496 e. The Morgan fingerprint density at radius 2 is 1.14 bits per heavy atom. The number of hydrogen-bond acceptors (Lipinski definition) is 2. The number of methoxy groups -OCH3 is 1. The Labute approximate surface area is 166 Å². The van der Waals surface area contributed by atoms with Crippen molar-refractivity contribution in [2.45, 2.75) is 19.4 Å². The molecule has 4 rings (SSSR count). The van der Waals surface area contributed by atoms with Crippen LogP contribution in [0.2, 0.25) is 0 Å². The van der Waals surface area contributed by atoms with Gasteiger partial charge in [0.15, 0.2) is 0 Å². The van der Waals surface area contributed by atoms with Crippen molar-refractivity contribution in [3.8, 4) is 5.75 Å². The van der Waals surface area contributed by atoms with Crippen LogP contribution in [0.3, 0.4) is 0 Å². The van der Waals surface area contributed by atoms with Gasteiger partial charge in [-0.2, -0.15) is 0 Å². The Kier molecular flexibility index (Phi) is 4.66. The number of hydrogen-bond donors (Lipinski definition) is 1. The van der Waals surface area contributed by atoms with Crippen LogP contribution in [0, 0.1) is 13.8 Å². The molecular formula is C26H24O2. The summed E-state index contributed by atoms with van der Waals surface area (Å²) in [5.74, 6) is 0.669. The van der Waals surface area contributed by atoms with Crippen LogP contribution in [0.4, 0.5) is 0 Å². The van der Waals surface area contributed by atoms with E-state index in [1.807, 2.05) is 86.6 Å². The van der Waals surface area contributed by atoms with Crippen LogP contribution in [-0.4, -0.2) is 12.2 Å². The van der Waals surface area contributed by atoms with Crippen molar-refractivity contribution in [3.63, 3.8) is 0 Å². The lowest BCUT2D eigenvalue weighted by Crippen LogP contribution is -2.29. The van der Waals surface area contributed by atoms with Crippen molar-refractivity contribution < 1.29 is 9.84 Å². The number of benzene rings is 4. The van der Waals surface area contributed by atoms with E-state index in [1.165, 1.54) is 0 Å². The molecule has 0 aliphatic heterocycles. The van der Waals surface area contributed by atoms with E-state index in [4.69, 9.17) is 4.74 Å². The van der Waals surface area contributed by atoms with Gasteiger partial charge >= 0.3 is 0 Å². The molecule has 2 nitrogen and oxygen atoms in total. The van der Waals surface area contributed by atoms with Gasteiger partial charge in [-0.1, -0.05) is 83.9 Å². The molecule has 0 bridgehead atoms. The third-order valence-corrected chi connectivity index (χ3v) is 5.40. The van der Waals surface area contributed by atoms with E-state index < -0.39 is 5.60 Å². The molecule has 2 heteroatoms. The molecule has 0 saturated carbocycles. The van der Waals surface area contributed by atoms with Crippen molar-refractivity contribution >= 4 is 10.8 Å². The predicted molar refractivity (Wildman–Crippen MR) is 115 cm³/mol. The van der Waals surface area contributed by atoms with Gasteiger partial charge in [-0.3, -0.25) is 0 Å². The van der Waals surface area contributed by atoms with E-state index >= 15 is 0 Å². The molecule has 28 heavy (non-hydrogen) atoms. The average molecular weight is 368 g/mol. The van der Waals surface area contributed by atoms with Crippen molar-refractivity contribution in [3.05, 3.63) is 113 Å². The molecule has 4 aromatic rings. The quantitative estimate of drug-likeness (QED) is 0.465. The summed E-state index contributed by atoms with van der Waals surface area (Å²) >= 11 is 0. The van der Waals surface area contributed by atoms with Gasteiger partial charge in [0.1, 0.15) is 11.4 Å². The highest BCUT2D eigenvalue weighted by Gasteiger charge is 2.36. The zero-order valence-corrected chi connectivity index (χ0v) is 16.4. The van der Waals surface area contributed by atoms with E-state index in [-0.39, 0.29) is 0 Å². The van der Waals surface area contributed by atoms with Gasteiger partial charge in [-0.05, 0) is 47.9 Å². The van der Waals surface area contributed by atoms with Crippen LogP contribution >= 0.6 is 0 Å². The Morgan fingerprint density at radius 3 is 1.61 bits per heavy atom. The lowest BCUT2D eigenvalue weighted by molar-refractivity contribution is 0.122. The maximum atomic E-state index is 12.2. The fourth-order valence-electron chi connectivity index (χ4n) is 3.74. The number of fused-ring (bicyclic) bond motifs is 1. The first-order valence-corrected chi connectivity index (χ1v) is 9.46. The van der Waals surface area contributed by atoms with Crippen LogP contribution in [0.25, 0.3) is 10.8 Å². The second kappa shape index (κ2) is 7.14. The van der Waals surface area contributed by atoms with Gasteiger partial charge in [0.2, 0.25) is 0 Å². The first kappa shape index (κ1) is 18.3. The standard InChI is InChI=1S/C26H24O2/c1-18-8-12-22(13-9-18)26(27,23-14-10-19(2)11-15-23)24-16-20-6-4-5-7-21(20)17-25(24)28-3/h4-17,27H,1-3H3. The van der Waals surface area contributed by atoms with Crippen molar-refractivity contribution in [1.82, 2.24) is 0 Å². The van der Waals surface area contributed by atoms with Gasteiger partial charge < -0.3 is 9.84 Å². The summed E-state index contributed by atoms with van der Waals surface area (Å²) in [4.78, 5) is 0. The van der Waals surface area contributed by atoms with E-state index in [1.54, 1.807) is 7.11 Å². The maximum Gasteiger partial charge on any atom is 0.144 e. The third-order valence-electron chi connectivity index (χ3n) is 5.40. The zero-order valence-electron chi connectivity index (χ0n) is 16.4. The minimum Gasteiger partial charge on any atom is -0.496 e. The van der Waals surface area contributed by atoms with E-state index in [0.717, 1.165) is 38.6 Å². The first-order chi connectivity index (χ1) is 13.5. The minimum absolute atomic E-state index is 0.669. The van der Waals surface area contributed by atoms with Gasteiger partial charge in [0.25, 0.3) is 0 Å². The summed E-state index contributed by atoms with van der Waals surface area (Å²) in [6.07, 6.45) is 0. The summed E-state index contributed by atoms with van der Waals surface area (Å²) < 4.78 is 5.73. The predicted octanol–water partition coefficient (Wildman–Crippen LogP) is 5.75. The van der Waals surface area contributed by atoms with Crippen LogP contribution in [0.5, 0.6) is 5.75 Å². The summed E-state index contributed by atoms with van der Waals surface area (Å²) in [6, 6.07) is 28.2. The summed E-state index contributed by atoms with van der Waals surface area (Å²) in [6.45, 7) is 4.09. The fraction of sp³-hybridized carbons (Fsp3) is 0.154. The molecule has 0 atom stereocenters. The highest BCUT2D eigenvalue weighted by Crippen LogP contribution is 2.43. The van der Waals surface area contributed by atoms with Gasteiger partial charge in [0, 0.05) is 5.56 Å². The molecule has 4 aromatic carbocycles. The number of aryl methyl sites for hydroxylation is 2. The SMILES string of the molecule is COc1cc2ccccc2cc1C(O)(c1ccc(C)cc1)c1ccc(C)cc1. The molecule has 0 fully saturated rings. The van der Waals surface area contributed by atoms with Crippen LogP contribution in [0.1, 0.15) is 27.8 Å². The Hall–Kier alpha value is -3.10. The molecule has 1 N–H and O–H groups in total. The van der Waals surface area contributed by atoms with Crippen LogP contribution in [0.15, 0.2) is 84.9 Å². The second-order valence-corrected chi connectivity index (χ2v) is 7.34. The topological polar surface area (TPSA) is 29.5 Å². The molecule has 0 unspecified atom stereocenters. The molecule has 0 spiro atoms. The normalized spacial score (nSPS) is 11.6. The molecule has 0 aliphatic carbocycles. The second-order valence-electron chi connectivity index (χ2n) is 7.34. The molecular weight excluding hydrogens is 344 g/mol. The monoisotopic (exact) mass is 368 g/mol. The zero-order chi connectivity index (χ0) is 19.7. The molecule has 0 aliphatic rings. The summed E-state index contributed by atoms with van der Waals surface area (Å²) in [5.41, 5.74) is 3.35. The summed E-state index contributed by atoms with van der Waals surface area (Å²) in [7, 11) is 1.65. The van der Waals surface area contributed by atoms with Crippen LogP contribution in [-0.2, 0) is 5.60 Å². The lowest BCUT2D eigenvalue weighted by atomic mass is 9.79. The Morgan fingerprint density at radius 1 is 0.679 bits per heavy atom. The van der Waals surface area contributed by atoms with Crippen molar-refractivity contribution in [2.24, 2.45) is 0 Å². The highest BCUT2D eigenvalue weighted by molar-refractivity contribution is 5.85. The highest BCUT2D eigenvalue weighted by atomic mass is 16.5.